The number of carbonyl (C=O) groups excluding carboxylic acids is 1. The molecule has 0 spiro atoms. The summed E-state index contributed by atoms with van der Waals surface area (Å²) in [6, 6.07) is 0. The summed E-state index contributed by atoms with van der Waals surface area (Å²) in [4.78, 5) is 14.0. The van der Waals surface area contributed by atoms with E-state index in [4.69, 9.17) is 4.42 Å². The van der Waals surface area contributed by atoms with Crippen LogP contribution < -0.4 is 0 Å². The normalized spacial score (nSPS) is 16.6. The number of rotatable bonds is 4. The van der Waals surface area contributed by atoms with E-state index in [1.165, 1.54) is 24.6 Å². The van der Waals surface area contributed by atoms with Crippen LogP contribution >= 0.6 is 11.8 Å². The van der Waals surface area contributed by atoms with Gasteiger partial charge in [0.25, 0.3) is 5.22 Å². The van der Waals surface area contributed by atoms with Crippen molar-refractivity contribution in [2.75, 3.05) is 18.8 Å². The molecule has 1 aliphatic heterocycles. The van der Waals surface area contributed by atoms with Gasteiger partial charge in [-0.1, -0.05) is 31.5 Å². The second kappa shape index (κ2) is 6.78. The topological polar surface area (TPSA) is 59.2 Å². The predicted molar refractivity (Wildman–Crippen MR) is 69.4 cm³/mol. The van der Waals surface area contributed by atoms with E-state index < -0.39 is 0 Å². The maximum atomic E-state index is 12.0. The minimum absolute atomic E-state index is 0.179. The first-order valence-corrected chi connectivity index (χ1v) is 7.51. The maximum Gasteiger partial charge on any atom is 0.277 e. The lowest BCUT2D eigenvalue weighted by Crippen LogP contribution is -2.33. The lowest BCUT2D eigenvalue weighted by molar-refractivity contribution is -0.128. The summed E-state index contributed by atoms with van der Waals surface area (Å²) in [5.41, 5.74) is 0. The third-order valence-corrected chi connectivity index (χ3v) is 3.83. The van der Waals surface area contributed by atoms with Crippen LogP contribution in [0.25, 0.3) is 0 Å². The number of aromatic nitrogens is 2. The zero-order chi connectivity index (χ0) is 12.8. The van der Waals surface area contributed by atoms with Crippen LogP contribution in [-0.4, -0.2) is 39.8 Å². The number of carbonyl (C=O) groups is 1. The Morgan fingerprint density at radius 3 is 2.61 bits per heavy atom. The van der Waals surface area contributed by atoms with Crippen LogP contribution in [0.3, 0.4) is 0 Å². The number of hydrogen-bond donors (Lipinski definition) is 0. The summed E-state index contributed by atoms with van der Waals surface area (Å²) in [5, 5.41) is 8.27. The molecular weight excluding hydrogens is 250 g/mol. The quantitative estimate of drug-likeness (QED) is 0.784. The van der Waals surface area contributed by atoms with Crippen LogP contribution in [0, 0.1) is 0 Å². The molecule has 1 aromatic heterocycles. The average molecular weight is 269 g/mol. The van der Waals surface area contributed by atoms with Crippen LogP contribution in [0.5, 0.6) is 0 Å². The Hall–Kier alpha value is -1.04. The smallest absolute Gasteiger partial charge is 0.277 e. The maximum absolute atomic E-state index is 12.0. The molecule has 100 valence electrons. The Bertz CT molecular complexity index is 386. The van der Waals surface area contributed by atoms with Gasteiger partial charge in [-0.25, -0.2) is 0 Å². The lowest BCUT2D eigenvalue weighted by Gasteiger charge is -2.19. The predicted octanol–water partition coefficient (Wildman–Crippen LogP) is 2.13. The second-order valence-corrected chi connectivity index (χ2v) is 5.33. The summed E-state index contributed by atoms with van der Waals surface area (Å²) in [6.45, 7) is 3.75. The van der Waals surface area contributed by atoms with Gasteiger partial charge in [0.2, 0.25) is 11.8 Å². The first kappa shape index (κ1) is 13.4. The molecule has 1 saturated heterocycles. The summed E-state index contributed by atoms with van der Waals surface area (Å²) in [7, 11) is 0. The number of amides is 1. The molecule has 6 heteroatoms. The Labute approximate surface area is 111 Å². The van der Waals surface area contributed by atoms with Crippen LogP contribution in [-0.2, 0) is 11.2 Å². The van der Waals surface area contributed by atoms with Crippen molar-refractivity contribution in [1.82, 2.24) is 15.1 Å². The Morgan fingerprint density at radius 1 is 1.28 bits per heavy atom. The van der Waals surface area contributed by atoms with E-state index in [0.717, 1.165) is 32.4 Å². The van der Waals surface area contributed by atoms with Gasteiger partial charge in [-0.15, -0.1) is 10.2 Å². The molecule has 1 amide bonds. The van der Waals surface area contributed by atoms with E-state index >= 15 is 0 Å². The second-order valence-electron chi connectivity index (χ2n) is 4.40. The van der Waals surface area contributed by atoms with Gasteiger partial charge in [0.15, 0.2) is 0 Å². The van der Waals surface area contributed by atoms with Crippen molar-refractivity contribution < 1.29 is 9.21 Å². The van der Waals surface area contributed by atoms with Gasteiger partial charge in [0, 0.05) is 19.5 Å². The standard InChI is InChI=1S/C12H19N3O2S/c1-2-10-13-14-12(17-10)18-9-11(16)15-7-5-3-4-6-8-15/h2-9H2,1H3. The minimum atomic E-state index is 0.179. The minimum Gasteiger partial charge on any atom is -0.416 e. The van der Waals surface area contributed by atoms with E-state index in [2.05, 4.69) is 10.2 Å². The fraction of sp³-hybridized carbons (Fsp3) is 0.750. The molecule has 5 nitrogen and oxygen atoms in total. The Balaban J connectivity index is 1.79. The van der Waals surface area contributed by atoms with Gasteiger partial charge in [0.05, 0.1) is 5.75 Å². The van der Waals surface area contributed by atoms with Crippen LogP contribution in [0.2, 0.25) is 0 Å². The first-order valence-electron chi connectivity index (χ1n) is 6.52. The van der Waals surface area contributed by atoms with E-state index in [9.17, 15) is 4.79 Å². The summed E-state index contributed by atoms with van der Waals surface area (Å²) in [5.74, 6) is 1.20. The SMILES string of the molecule is CCc1nnc(SCC(=O)N2CCCCCC2)o1. The van der Waals surface area contributed by atoms with Crippen molar-refractivity contribution in [3.8, 4) is 0 Å². The molecule has 0 aliphatic carbocycles. The molecule has 0 radical (unpaired) electrons. The largest absolute Gasteiger partial charge is 0.416 e. The van der Waals surface area contributed by atoms with Gasteiger partial charge in [-0.2, -0.15) is 0 Å². The van der Waals surface area contributed by atoms with E-state index in [1.54, 1.807) is 0 Å². The summed E-state index contributed by atoms with van der Waals surface area (Å²) < 4.78 is 5.37. The van der Waals surface area contributed by atoms with Crippen molar-refractivity contribution in [3.63, 3.8) is 0 Å². The van der Waals surface area contributed by atoms with Gasteiger partial charge in [0.1, 0.15) is 0 Å². The third kappa shape index (κ3) is 3.73. The van der Waals surface area contributed by atoms with Crippen molar-refractivity contribution in [2.45, 2.75) is 44.3 Å². The molecule has 0 atom stereocenters. The number of hydrogen-bond acceptors (Lipinski definition) is 5. The van der Waals surface area contributed by atoms with Crippen LogP contribution in [0.1, 0.15) is 38.5 Å². The molecule has 1 aromatic rings. The van der Waals surface area contributed by atoms with Gasteiger partial charge >= 0.3 is 0 Å². The fourth-order valence-electron chi connectivity index (χ4n) is 1.97. The van der Waals surface area contributed by atoms with Gasteiger partial charge in [-0.05, 0) is 12.8 Å². The van der Waals surface area contributed by atoms with E-state index in [1.807, 2.05) is 11.8 Å². The molecule has 2 rings (SSSR count). The highest BCUT2D eigenvalue weighted by atomic mass is 32.2. The summed E-state index contributed by atoms with van der Waals surface area (Å²) >= 11 is 1.33. The van der Waals surface area contributed by atoms with Gasteiger partial charge < -0.3 is 9.32 Å². The molecule has 0 unspecified atom stereocenters. The average Bonchev–Trinajstić information content (AvgIpc) is 2.68. The van der Waals surface area contributed by atoms with E-state index in [0.29, 0.717) is 16.9 Å². The highest BCUT2D eigenvalue weighted by molar-refractivity contribution is 7.99. The molecule has 1 aliphatic rings. The number of likely N-dealkylation sites (tertiary alicyclic amines) is 1. The van der Waals surface area contributed by atoms with E-state index in [-0.39, 0.29) is 5.91 Å². The van der Waals surface area contributed by atoms with Crippen molar-refractivity contribution >= 4 is 17.7 Å². The zero-order valence-electron chi connectivity index (χ0n) is 10.7. The Kier molecular flexibility index (Phi) is 5.04. The molecule has 0 bridgehead atoms. The molecule has 2 heterocycles. The van der Waals surface area contributed by atoms with Gasteiger partial charge in [-0.3, -0.25) is 4.79 Å². The molecule has 0 aromatic carbocycles. The van der Waals surface area contributed by atoms with Crippen molar-refractivity contribution in [1.29, 1.82) is 0 Å². The molecule has 0 saturated carbocycles. The lowest BCUT2D eigenvalue weighted by atomic mass is 10.2. The highest BCUT2D eigenvalue weighted by Gasteiger charge is 2.16. The van der Waals surface area contributed by atoms with Crippen molar-refractivity contribution in [2.24, 2.45) is 0 Å². The first-order chi connectivity index (χ1) is 8.79. The molecule has 0 N–H and O–H groups in total. The Morgan fingerprint density at radius 2 is 2.00 bits per heavy atom. The third-order valence-electron chi connectivity index (χ3n) is 3.03. The highest BCUT2D eigenvalue weighted by Crippen LogP contribution is 2.18. The molecule has 1 fully saturated rings. The molecule has 18 heavy (non-hydrogen) atoms. The summed E-state index contributed by atoms with van der Waals surface area (Å²) in [6.07, 6.45) is 5.45. The van der Waals surface area contributed by atoms with Crippen molar-refractivity contribution in [3.05, 3.63) is 5.89 Å². The number of aryl methyl sites for hydroxylation is 1. The number of nitrogens with zero attached hydrogens (tertiary/aromatic N) is 3. The number of thioether (sulfide) groups is 1. The monoisotopic (exact) mass is 269 g/mol. The van der Waals surface area contributed by atoms with Crippen LogP contribution in [0.4, 0.5) is 0 Å². The fourth-order valence-corrected chi connectivity index (χ4v) is 2.66. The van der Waals surface area contributed by atoms with Crippen LogP contribution in [0.15, 0.2) is 9.64 Å². The molecular formula is C12H19N3O2S. The zero-order valence-corrected chi connectivity index (χ0v) is 11.5.